The van der Waals surface area contributed by atoms with Crippen LogP contribution in [0.4, 0.5) is 11.6 Å². The SMILES string of the molecule is CNc1cc(N(C)Cc2ccc3ncoc3c2)ncn1. The van der Waals surface area contributed by atoms with Gasteiger partial charge in [0.2, 0.25) is 0 Å². The van der Waals surface area contributed by atoms with Gasteiger partial charge in [-0.3, -0.25) is 0 Å². The monoisotopic (exact) mass is 269 g/mol. The van der Waals surface area contributed by atoms with Crippen molar-refractivity contribution in [1.82, 2.24) is 15.0 Å². The van der Waals surface area contributed by atoms with Gasteiger partial charge in [-0.1, -0.05) is 6.07 Å². The number of oxazole rings is 1. The van der Waals surface area contributed by atoms with Crippen LogP contribution in [-0.4, -0.2) is 29.0 Å². The molecule has 0 aliphatic rings. The lowest BCUT2D eigenvalue weighted by atomic mass is 10.2. The van der Waals surface area contributed by atoms with Crippen molar-refractivity contribution in [3.8, 4) is 0 Å². The molecule has 2 aromatic heterocycles. The second-order valence-electron chi connectivity index (χ2n) is 4.52. The summed E-state index contributed by atoms with van der Waals surface area (Å²) in [7, 11) is 3.83. The quantitative estimate of drug-likeness (QED) is 0.784. The van der Waals surface area contributed by atoms with Gasteiger partial charge in [-0.2, -0.15) is 0 Å². The van der Waals surface area contributed by atoms with Crippen LogP contribution < -0.4 is 10.2 Å². The minimum atomic E-state index is 0.733. The molecule has 3 aromatic rings. The molecule has 0 saturated heterocycles. The summed E-state index contributed by atoms with van der Waals surface area (Å²) in [6.07, 6.45) is 3.01. The van der Waals surface area contributed by atoms with Crippen molar-refractivity contribution in [1.29, 1.82) is 0 Å². The Morgan fingerprint density at radius 1 is 1.20 bits per heavy atom. The zero-order valence-corrected chi connectivity index (χ0v) is 11.4. The molecule has 102 valence electrons. The Kier molecular flexibility index (Phi) is 3.20. The second-order valence-corrected chi connectivity index (χ2v) is 4.52. The van der Waals surface area contributed by atoms with Crippen molar-refractivity contribution in [2.75, 3.05) is 24.3 Å². The summed E-state index contributed by atoms with van der Waals surface area (Å²) in [5.41, 5.74) is 2.81. The predicted molar refractivity (Wildman–Crippen MR) is 77.7 cm³/mol. The topological polar surface area (TPSA) is 67.1 Å². The fourth-order valence-electron chi connectivity index (χ4n) is 2.05. The van der Waals surface area contributed by atoms with Crippen LogP contribution in [0.15, 0.2) is 41.4 Å². The second kappa shape index (κ2) is 5.16. The Morgan fingerprint density at radius 3 is 2.95 bits per heavy atom. The minimum Gasteiger partial charge on any atom is -0.443 e. The maximum atomic E-state index is 5.32. The summed E-state index contributed by atoms with van der Waals surface area (Å²) in [4.78, 5) is 14.6. The number of anilines is 2. The van der Waals surface area contributed by atoms with Gasteiger partial charge in [0.25, 0.3) is 0 Å². The lowest BCUT2D eigenvalue weighted by Crippen LogP contribution is -2.18. The Balaban J connectivity index is 1.81. The van der Waals surface area contributed by atoms with E-state index in [1.807, 2.05) is 38.4 Å². The van der Waals surface area contributed by atoms with Crippen molar-refractivity contribution in [2.45, 2.75) is 6.54 Å². The first-order chi connectivity index (χ1) is 9.76. The average molecular weight is 269 g/mol. The third kappa shape index (κ3) is 2.40. The Hall–Kier alpha value is -2.63. The van der Waals surface area contributed by atoms with E-state index < -0.39 is 0 Å². The minimum absolute atomic E-state index is 0.733. The van der Waals surface area contributed by atoms with Gasteiger partial charge >= 0.3 is 0 Å². The molecule has 0 atom stereocenters. The maximum absolute atomic E-state index is 5.32. The molecule has 3 rings (SSSR count). The van der Waals surface area contributed by atoms with Crippen LogP contribution in [0.25, 0.3) is 11.1 Å². The molecule has 1 N–H and O–H groups in total. The summed E-state index contributed by atoms with van der Waals surface area (Å²) < 4.78 is 5.32. The van der Waals surface area contributed by atoms with Crippen molar-refractivity contribution in [3.63, 3.8) is 0 Å². The lowest BCUT2D eigenvalue weighted by molar-refractivity contribution is 0.601. The highest BCUT2D eigenvalue weighted by molar-refractivity contribution is 5.72. The number of benzene rings is 1. The molecular formula is C14H15N5O. The number of hydrogen-bond acceptors (Lipinski definition) is 6. The molecular weight excluding hydrogens is 254 g/mol. The van der Waals surface area contributed by atoms with Crippen LogP contribution >= 0.6 is 0 Å². The Labute approximate surface area is 116 Å². The van der Waals surface area contributed by atoms with Gasteiger partial charge in [0.1, 0.15) is 23.5 Å². The molecule has 0 saturated carbocycles. The van der Waals surface area contributed by atoms with Crippen LogP contribution in [0, 0.1) is 0 Å². The normalized spacial score (nSPS) is 10.7. The standard InChI is InChI=1S/C14H15N5O/c1-15-13-6-14(17-8-16-13)19(2)7-10-3-4-11-12(5-10)20-9-18-11/h3-6,8-9H,7H2,1-2H3,(H,15,16,17). The summed E-state index contributed by atoms with van der Waals surface area (Å²) in [6, 6.07) is 7.91. The third-order valence-electron chi connectivity index (χ3n) is 3.12. The predicted octanol–water partition coefficient (Wildman–Crippen LogP) is 2.30. The number of hydrogen-bond donors (Lipinski definition) is 1. The van der Waals surface area contributed by atoms with E-state index in [1.165, 1.54) is 6.39 Å². The van der Waals surface area contributed by atoms with E-state index in [4.69, 9.17) is 4.42 Å². The van der Waals surface area contributed by atoms with Crippen LogP contribution in [0.3, 0.4) is 0 Å². The van der Waals surface area contributed by atoms with Crippen LogP contribution in [-0.2, 0) is 6.54 Å². The molecule has 0 spiro atoms. The van der Waals surface area contributed by atoms with Gasteiger partial charge in [0.05, 0.1) is 0 Å². The van der Waals surface area contributed by atoms with Crippen molar-refractivity contribution < 1.29 is 4.42 Å². The molecule has 0 aliphatic carbocycles. The van der Waals surface area contributed by atoms with E-state index >= 15 is 0 Å². The molecule has 0 fully saturated rings. The van der Waals surface area contributed by atoms with Crippen LogP contribution in [0.1, 0.15) is 5.56 Å². The molecule has 6 nitrogen and oxygen atoms in total. The number of fused-ring (bicyclic) bond motifs is 1. The number of nitrogens with one attached hydrogen (secondary N) is 1. The lowest BCUT2D eigenvalue weighted by Gasteiger charge is -2.18. The van der Waals surface area contributed by atoms with E-state index in [9.17, 15) is 0 Å². The summed E-state index contributed by atoms with van der Waals surface area (Å²) >= 11 is 0. The van der Waals surface area contributed by atoms with E-state index in [-0.39, 0.29) is 0 Å². The number of nitrogens with zero attached hydrogens (tertiary/aromatic N) is 4. The summed E-state index contributed by atoms with van der Waals surface area (Å²) in [5, 5.41) is 3.01. The van der Waals surface area contributed by atoms with Crippen molar-refractivity contribution in [2.24, 2.45) is 0 Å². The molecule has 0 aliphatic heterocycles. The summed E-state index contributed by atoms with van der Waals surface area (Å²) in [6.45, 7) is 0.733. The van der Waals surface area contributed by atoms with E-state index in [2.05, 4.69) is 25.2 Å². The highest BCUT2D eigenvalue weighted by Gasteiger charge is 2.07. The Morgan fingerprint density at radius 2 is 2.10 bits per heavy atom. The number of aromatic nitrogens is 3. The first-order valence-electron chi connectivity index (χ1n) is 6.29. The fourth-order valence-corrected chi connectivity index (χ4v) is 2.05. The van der Waals surface area contributed by atoms with E-state index in [0.717, 1.165) is 34.8 Å². The van der Waals surface area contributed by atoms with Gasteiger partial charge in [-0.25, -0.2) is 15.0 Å². The molecule has 0 bridgehead atoms. The molecule has 0 unspecified atom stereocenters. The zero-order chi connectivity index (χ0) is 13.9. The molecule has 2 heterocycles. The van der Waals surface area contributed by atoms with E-state index in [1.54, 1.807) is 6.33 Å². The van der Waals surface area contributed by atoms with E-state index in [0.29, 0.717) is 0 Å². The zero-order valence-electron chi connectivity index (χ0n) is 11.4. The van der Waals surface area contributed by atoms with Gasteiger partial charge in [0, 0.05) is 26.7 Å². The largest absolute Gasteiger partial charge is 0.443 e. The van der Waals surface area contributed by atoms with Gasteiger partial charge in [-0.15, -0.1) is 0 Å². The van der Waals surface area contributed by atoms with Gasteiger partial charge in [-0.05, 0) is 17.7 Å². The maximum Gasteiger partial charge on any atom is 0.181 e. The molecule has 20 heavy (non-hydrogen) atoms. The third-order valence-corrected chi connectivity index (χ3v) is 3.12. The number of rotatable bonds is 4. The highest BCUT2D eigenvalue weighted by Crippen LogP contribution is 2.18. The highest BCUT2D eigenvalue weighted by atomic mass is 16.3. The van der Waals surface area contributed by atoms with Crippen molar-refractivity contribution in [3.05, 3.63) is 42.5 Å². The molecule has 6 heteroatoms. The first-order valence-corrected chi connectivity index (χ1v) is 6.29. The fraction of sp³-hybridized carbons (Fsp3) is 0.214. The molecule has 1 aromatic carbocycles. The first kappa shape index (κ1) is 12.4. The smallest absolute Gasteiger partial charge is 0.181 e. The molecule has 0 amide bonds. The summed E-state index contributed by atoms with van der Waals surface area (Å²) in [5.74, 6) is 1.66. The Bertz CT molecular complexity index is 724. The van der Waals surface area contributed by atoms with Gasteiger partial charge in [0.15, 0.2) is 12.0 Å². The van der Waals surface area contributed by atoms with Gasteiger partial charge < -0.3 is 14.6 Å². The van der Waals surface area contributed by atoms with Crippen LogP contribution in [0.5, 0.6) is 0 Å². The molecule has 0 radical (unpaired) electrons. The van der Waals surface area contributed by atoms with Crippen LogP contribution in [0.2, 0.25) is 0 Å². The average Bonchev–Trinajstić information content (AvgIpc) is 2.95. The van der Waals surface area contributed by atoms with Crippen molar-refractivity contribution >= 4 is 22.7 Å².